The number of anilines is 1. The number of phenols is 2. The smallest absolute Gasteiger partial charge is 0.240 e. The molecule has 0 aromatic heterocycles. The van der Waals surface area contributed by atoms with Crippen molar-refractivity contribution in [3.63, 3.8) is 0 Å². The molecule has 2 aromatic rings. The normalized spacial score (nSPS) is 10.6. The van der Waals surface area contributed by atoms with Crippen LogP contribution in [0.5, 0.6) is 11.5 Å². The minimum absolute atomic E-state index is 0.0172. The van der Waals surface area contributed by atoms with E-state index in [4.69, 9.17) is 0 Å². The molecule has 0 atom stereocenters. The van der Waals surface area contributed by atoms with Crippen molar-refractivity contribution >= 4 is 23.7 Å². The van der Waals surface area contributed by atoms with Crippen molar-refractivity contribution < 1.29 is 19.8 Å². The Morgan fingerprint density at radius 2 is 1.80 bits per heavy atom. The molecule has 2 amide bonds. The van der Waals surface area contributed by atoms with Crippen LogP contribution in [0.25, 0.3) is 0 Å². The van der Waals surface area contributed by atoms with Gasteiger partial charge in [-0.1, -0.05) is 18.2 Å². The number of aromatic hydroxyl groups is 2. The zero-order valence-electron chi connectivity index (χ0n) is 13.7. The molecule has 0 aliphatic rings. The Hall–Kier alpha value is -3.35. The molecule has 2 aromatic carbocycles. The summed E-state index contributed by atoms with van der Waals surface area (Å²) in [5.41, 5.74) is 4.28. The van der Waals surface area contributed by atoms with E-state index in [2.05, 4.69) is 15.8 Å². The van der Waals surface area contributed by atoms with Crippen LogP contribution >= 0.6 is 0 Å². The lowest BCUT2D eigenvalue weighted by molar-refractivity contribution is -0.124. The Morgan fingerprint density at radius 1 is 1.08 bits per heavy atom. The minimum Gasteiger partial charge on any atom is -0.508 e. The summed E-state index contributed by atoms with van der Waals surface area (Å²) in [6, 6.07) is 11.4. The van der Waals surface area contributed by atoms with Crippen molar-refractivity contribution in [2.75, 3.05) is 5.32 Å². The molecule has 0 bridgehead atoms. The highest BCUT2D eigenvalue weighted by molar-refractivity contribution is 5.94. The summed E-state index contributed by atoms with van der Waals surface area (Å²) in [4.78, 5) is 23.5. The number of benzene rings is 2. The van der Waals surface area contributed by atoms with Gasteiger partial charge in [-0.05, 0) is 30.7 Å². The Kier molecular flexibility index (Phi) is 6.11. The van der Waals surface area contributed by atoms with Gasteiger partial charge in [0.1, 0.15) is 11.5 Å². The highest BCUT2D eigenvalue weighted by Crippen LogP contribution is 2.20. The molecule has 2 rings (SSSR count). The van der Waals surface area contributed by atoms with E-state index in [1.54, 1.807) is 6.07 Å². The quantitative estimate of drug-likeness (QED) is 0.477. The van der Waals surface area contributed by atoms with E-state index in [-0.39, 0.29) is 30.2 Å². The fourth-order valence-electron chi connectivity index (χ4n) is 2.02. The van der Waals surface area contributed by atoms with Crippen molar-refractivity contribution in [2.45, 2.75) is 19.8 Å². The molecule has 25 heavy (non-hydrogen) atoms. The van der Waals surface area contributed by atoms with E-state index >= 15 is 0 Å². The largest absolute Gasteiger partial charge is 0.508 e. The summed E-state index contributed by atoms with van der Waals surface area (Å²) in [6.45, 7) is 1.88. The first kappa shape index (κ1) is 18.0. The molecule has 130 valence electrons. The van der Waals surface area contributed by atoms with Crippen LogP contribution in [0.1, 0.15) is 24.0 Å². The molecule has 4 N–H and O–H groups in total. The highest BCUT2D eigenvalue weighted by atomic mass is 16.3. The molecular weight excluding hydrogens is 322 g/mol. The standard InChI is InChI=1S/C18H19N3O4/c1-12-4-2-3-5-15(12)20-17(24)8-9-18(25)21-19-11-13-6-7-14(22)10-16(13)23/h2-7,10-11,22-23H,8-9H2,1H3,(H,20,24)(H,21,25). The maximum absolute atomic E-state index is 11.9. The number of nitrogens with one attached hydrogen (secondary N) is 2. The Labute approximate surface area is 145 Å². The number of carbonyl (C=O) groups is 2. The number of hydrazone groups is 1. The van der Waals surface area contributed by atoms with Gasteiger partial charge < -0.3 is 15.5 Å². The second-order valence-corrected chi connectivity index (χ2v) is 5.40. The van der Waals surface area contributed by atoms with E-state index in [0.29, 0.717) is 11.3 Å². The van der Waals surface area contributed by atoms with E-state index in [1.807, 2.05) is 25.1 Å². The summed E-state index contributed by atoms with van der Waals surface area (Å²) in [5, 5.41) is 25.2. The molecular formula is C18H19N3O4. The average molecular weight is 341 g/mol. The lowest BCUT2D eigenvalue weighted by atomic mass is 10.2. The first-order valence-corrected chi connectivity index (χ1v) is 7.65. The molecule has 0 saturated carbocycles. The number of hydrogen-bond donors (Lipinski definition) is 4. The topological polar surface area (TPSA) is 111 Å². The van der Waals surface area contributed by atoms with Crippen molar-refractivity contribution in [1.82, 2.24) is 5.43 Å². The molecule has 0 fully saturated rings. The van der Waals surface area contributed by atoms with Gasteiger partial charge in [0.25, 0.3) is 0 Å². The van der Waals surface area contributed by atoms with Gasteiger partial charge in [-0.2, -0.15) is 5.10 Å². The summed E-state index contributed by atoms with van der Waals surface area (Å²) >= 11 is 0. The van der Waals surface area contributed by atoms with E-state index in [9.17, 15) is 19.8 Å². The second-order valence-electron chi connectivity index (χ2n) is 5.40. The van der Waals surface area contributed by atoms with Crippen LogP contribution in [0, 0.1) is 6.92 Å². The van der Waals surface area contributed by atoms with Crippen molar-refractivity contribution in [3.05, 3.63) is 53.6 Å². The number of rotatable bonds is 6. The van der Waals surface area contributed by atoms with Crippen molar-refractivity contribution in [3.8, 4) is 11.5 Å². The molecule has 0 aliphatic carbocycles. The minimum atomic E-state index is -0.422. The zero-order chi connectivity index (χ0) is 18.2. The second kappa shape index (κ2) is 8.49. The molecule has 0 aliphatic heterocycles. The lowest BCUT2D eigenvalue weighted by Gasteiger charge is -2.07. The van der Waals surface area contributed by atoms with E-state index < -0.39 is 5.91 Å². The molecule has 0 radical (unpaired) electrons. The van der Waals surface area contributed by atoms with Crippen LogP contribution in [0.15, 0.2) is 47.6 Å². The monoisotopic (exact) mass is 341 g/mol. The van der Waals surface area contributed by atoms with Crippen LogP contribution in [-0.4, -0.2) is 28.2 Å². The summed E-state index contributed by atoms with van der Waals surface area (Å²) in [5.74, 6) is -0.909. The Bertz CT molecular complexity index is 803. The van der Waals surface area contributed by atoms with Crippen LogP contribution < -0.4 is 10.7 Å². The number of phenolic OH excluding ortho intramolecular Hbond substituents is 2. The predicted octanol–water partition coefficient (Wildman–Crippen LogP) is 2.28. The van der Waals surface area contributed by atoms with Crippen LogP contribution in [0.4, 0.5) is 5.69 Å². The Morgan fingerprint density at radius 3 is 2.52 bits per heavy atom. The SMILES string of the molecule is Cc1ccccc1NC(=O)CCC(=O)NN=Cc1ccc(O)cc1O. The summed E-state index contributed by atoms with van der Waals surface area (Å²) < 4.78 is 0. The molecule has 0 unspecified atom stereocenters. The van der Waals surface area contributed by atoms with Crippen LogP contribution in [-0.2, 0) is 9.59 Å². The van der Waals surface area contributed by atoms with Gasteiger partial charge in [0.05, 0.1) is 6.21 Å². The van der Waals surface area contributed by atoms with Gasteiger partial charge in [0.2, 0.25) is 11.8 Å². The zero-order valence-corrected chi connectivity index (χ0v) is 13.7. The molecule has 0 heterocycles. The maximum atomic E-state index is 11.9. The summed E-state index contributed by atoms with van der Waals surface area (Å²) in [6.07, 6.45) is 1.26. The fourth-order valence-corrected chi connectivity index (χ4v) is 2.02. The molecule has 0 saturated heterocycles. The van der Waals surface area contributed by atoms with Crippen molar-refractivity contribution in [2.24, 2.45) is 5.10 Å². The van der Waals surface area contributed by atoms with Gasteiger partial charge in [0.15, 0.2) is 0 Å². The number of para-hydroxylation sites is 1. The van der Waals surface area contributed by atoms with Gasteiger partial charge >= 0.3 is 0 Å². The number of carbonyl (C=O) groups excluding carboxylic acids is 2. The third kappa shape index (κ3) is 5.65. The van der Waals surface area contributed by atoms with Crippen LogP contribution in [0.2, 0.25) is 0 Å². The molecule has 0 spiro atoms. The third-order valence-corrected chi connectivity index (χ3v) is 3.41. The van der Waals surface area contributed by atoms with E-state index in [1.165, 1.54) is 24.4 Å². The average Bonchev–Trinajstić information content (AvgIpc) is 2.57. The molecule has 7 nitrogen and oxygen atoms in total. The van der Waals surface area contributed by atoms with Gasteiger partial charge in [-0.25, -0.2) is 5.43 Å². The van der Waals surface area contributed by atoms with Crippen molar-refractivity contribution in [1.29, 1.82) is 0 Å². The molecule has 7 heteroatoms. The van der Waals surface area contributed by atoms with Gasteiger partial charge in [-0.15, -0.1) is 0 Å². The van der Waals surface area contributed by atoms with Gasteiger partial charge in [0, 0.05) is 30.2 Å². The number of aryl methyl sites for hydroxylation is 1. The predicted molar refractivity (Wildman–Crippen MR) is 94.6 cm³/mol. The first-order valence-electron chi connectivity index (χ1n) is 7.65. The number of amides is 2. The number of hydrogen-bond acceptors (Lipinski definition) is 5. The van der Waals surface area contributed by atoms with E-state index in [0.717, 1.165) is 5.56 Å². The Balaban J connectivity index is 1.77. The third-order valence-electron chi connectivity index (χ3n) is 3.41. The fraction of sp³-hybridized carbons (Fsp3) is 0.167. The van der Waals surface area contributed by atoms with Crippen LogP contribution in [0.3, 0.4) is 0 Å². The van der Waals surface area contributed by atoms with Gasteiger partial charge in [-0.3, -0.25) is 9.59 Å². The summed E-state index contributed by atoms with van der Waals surface area (Å²) in [7, 11) is 0. The maximum Gasteiger partial charge on any atom is 0.240 e. The first-order chi connectivity index (χ1) is 12.0. The highest BCUT2D eigenvalue weighted by Gasteiger charge is 2.08. The number of nitrogens with zero attached hydrogens (tertiary/aromatic N) is 1. The lowest BCUT2D eigenvalue weighted by Crippen LogP contribution is -2.20.